The lowest BCUT2D eigenvalue weighted by molar-refractivity contribution is -0.384. The number of thiophene rings is 1. The van der Waals surface area contributed by atoms with Crippen molar-refractivity contribution in [1.82, 2.24) is 9.55 Å². The topological polar surface area (TPSA) is 98.3 Å². The van der Waals surface area contributed by atoms with Crippen molar-refractivity contribution in [3.05, 3.63) is 67.8 Å². The number of anilines is 1. The van der Waals surface area contributed by atoms with Crippen LogP contribution in [0.4, 0.5) is 11.4 Å². The number of carbonyl (C=O) groups is 1. The molecular formula is C22H22N4O4S2. The fourth-order valence-electron chi connectivity index (χ4n) is 3.79. The van der Waals surface area contributed by atoms with Gasteiger partial charge in [-0.2, -0.15) is 0 Å². The largest absolute Gasteiger partial charge is 0.315 e. The number of aromatic nitrogens is 2. The maximum absolute atomic E-state index is 13.3. The summed E-state index contributed by atoms with van der Waals surface area (Å²) in [5.41, 5.74) is 1.58. The van der Waals surface area contributed by atoms with Crippen LogP contribution in [-0.4, -0.2) is 33.2 Å². The third-order valence-electron chi connectivity index (χ3n) is 5.50. The number of non-ortho nitro benzene ring substituents is 1. The third-order valence-corrected chi connectivity index (χ3v) is 7.65. The summed E-state index contributed by atoms with van der Waals surface area (Å²) in [6.07, 6.45) is 5.76. The van der Waals surface area contributed by atoms with E-state index in [2.05, 4.69) is 6.58 Å². The molecule has 0 bridgehead atoms. The number of carbonyl (C=O) groups excluding carboxylic acids is 1. The molecular weight excluding hydrogens is 448 g/mol. The summed E-state index contributed by atoms with van der Waals surface area (Å²) in [4.78, 5) is 44.5. The summed E-state index contributed by atoms with van der Waals surface area (Å²) in [5.74, 6) is -0.123. The standard InChI is InChI=1S/C22H22N4O4S2/c1-3-12-25-21(28)19-16-6-4-5-7-17(16)32-20(19)23-22(25)31-13-18(27)24(2)14-8-10-15(11-9-14)26(29)30/h3,8-11H,1,4-7,12-13H2,2H3. The molecule has 32 heavy (non-hydrogen) atoms. The van der Waals surface area contributed by atoms with Gasteiger partial charge in [-0.1, -0.05) is 17.8 Å². The van der Waals surface area contributed by atoms with Crippen molar-refractivity contribution in [2.75, 3.05) is 17.7 Å². The Hall–Kier alpha value is -2.98. The molecule has 1 aromatic carbocycles. The molecule has 0 atom stereocenters. The van der Waals surface area contributed by atoms with Gasteiger partial charge in [-0.15, -0.1) is 17.9 Å². The smallest absolute Gasteiger partial charge is 0.269 e. The van der Waals surface area contributed by atoms with Gasteiger partial charge in [0.25, 0.3) is 11.2 Å². The average molecular weight is 471 g/mol. The van der Waals surface area contributed by atoms with Gasteiger partial charge in [0, 0.05) is 36.3 Å². The molecule has 2 heterocycles. The molecule has 1 amide bonds. The van der Waals surface area contributed by atoms with Gasteiger partial charge in [0.2, 0.25) is 5.91 Å². The lowest BCUT2D eigenvalue weighted by atomic mass is 9.97. The van der Waals surface area contributed by atoms with E-state index in [0.29, 0.717) is 22.8 Å². The van der Waals surface area contributed by atoms with Gasteiger partial charge in [-0.05, 0) is 43.4 Å². The van der Waals surface area contributed by atoms with Gasteiger partial charge in [0.05, 0.1) is 16.1 Å². The zero-order valence-electron chi connectivity index (χ0n) is 17.6. The first-order valence-corrected chi connectivity index (χ1v) is 12.0. The van der Waals surface area contributed by atoms with E-state index in [1.54, 1.807) is 29.0 Å². The Kier molecular flexibility index (Phi) is 6.43. The highest BCUT2D eigenvalue weighted by Crippen LogP contribution is 2.34. The van der Waals surface area contributed by atoms with Crippen molar-refractivity contribution in [2.24, 2.45) is 0 Å². The molecule has 0 N–H and O–H groups in total. The number of hydrogen-bond acceptors (Lipinski definition) is 7. The maximum atomic E-state index is 13.3. The lowest BCUT2D eigenvalue weighted by Gasteiger charge is -2.17. The number of nitrogens with zero attached hydrogens (tertiary/aromatic N) is 4. The quantitative estimate of drug-likeness (QED) is 0.169. The van der Waals surface area contributed by atoms with Crippen molar-refractivity contribution < 1.29 is 9.72 Å². The number of benzene rings is 1. The molecule has 166 valence electrons. The summed E-state index contributed by atoms with van der Waals surface area (Å²) < 4.78 is 1.58. The zero-order valence-corrected chi connectivity index (χ0v) is 19.2. The van der Waals surface area contributed by atoms with Crippen LogP contribution in [0.25, 0.3) is 10.2 Å². The van der Waals surface area contributed by atoms with Gasteiger partial charge in [-0.25, -0.2) is 4.98 Å². The van der Waals surface area contributed by atoms with E-state index in [0.717, 1.165) is 36.1 Å². The van der Waals surface area contributed by atoms with E-state index in [1.807, 2.05) is 0 Å². The third kappa shape index (κ3) is 4.20. The highest BCUT2D eigenvalue weighted by molar-refractivity contribution is 7.99. The van der Waals surface area contributed by atoms with Crippen molar-refractivity contribution in [1.29, 1.82) is 0 Å². The number of thioether (sulfide) groups is 1. The second kappa shape index (κ2) is 9.25. The summed E-state index contributed by atoms with van der Waals surface area (Å²) >= 11 is 2.79. The van der Waals surface area contributed by atoms with Crippen LogP contribution < -0.4 is 10.5 Å². The first-order valence-electron chi connectivity index (χ1n) is 10.2. The Morgan fingerprint density at radius 2 is 2.06 bits per heavy atom. The normalized spacial score (nSPS) is 13.0. The van der Waals surface area contributed by atoms with E-state index in [1.165, 1.54) is 45.8 Å². The molecule has 3 aromatic rings. The Labute approximate surface area is 192 Å². The van der Waals surface area contributed by atoms with Crippen molar-refractivity contribution in [2.45, 2.75) is 37.4 Å². The Morgan fingerprint density at radius 1 is 1.34 bits per heavy atom. The Balaban J connectivity index is 1.58. The molecule has 0 aliphatic heterocycles. The monoisotopic (exact) mass is 470 g/mol. The Morgan fingerprint density at radius 3 is 2.75 bits per heavy atom. The van der Waals surface area contributed by atoms with Gasteiger partial charge in [0.15, 0.2) is 5.16 Å². The molecule has 1 aliphatic carbocycles. The molecule has 2 aromatic heterocycles. The molecule has 0 fully saturated rings. The Bertz CT molecular complexity index is 1260. The van der Waals surface area contributed by atoms with Crippen LogP contribution >= 0.6 is 23.1 Å². The number of allylic oxidation sites excluding steroid dienone is 1. The van der Waals surface area contributed by atoms with Gasteiger partial charge >= 0.3 is 0 Å². The van der Waals surface area contributed by atoms with Crippen LogP contribution in [0.2, 0.25) is 0 Å². The summed E-state index contributed by atoms with van der Waals surface area (Å²) in [6, 6.07) is 5.80. The highest BCUT2D eigenvalue weighted by atomic mass is 32.2. The molecule has 1 aliphatic rings. The minimum atomic E-state index is -0.482. The minimum Gasteiger partial charge on any atom is -0.315 e. The SMILES string of the molecule is C=CCn1c(SCC(=O)N(C)c2ccc([N+](=O)[O-])cc2)nc2sc3c(c2c1=O)CCCC3. The number of aryl methyl sites for hydroxylation is 2. The van der Waals surface area contributed by atoms with Crippen molar-refractivity contribution in [3.8, 4) is 0 Å². The average Bonchev–Trinajstić information content (AvgIpc) is 3.17. The van der Waals surface area contributed by atoms with Crippen LogP contribution in [0.5, 0.6) is 0 Å². The second-order valence-corrected chi connectivity index (χ2v) is 9.53. The van der Waals surface area contributed by atoms with Gasteiger partial charge < -0.3 is 4.90 Å². The lowest BCUT2D eigenvalue weighted by Crippen LogP contribution is -2.29. The molecule has 0 saturated carbocycles. The summed E-state index contributed by atoms with van der Waals surface area (Å²) in [7, 11) is 1.62. The van der Waals surface area contributed by atoms with E-state index in [9.17, 15) is 19.7 Å². The predicted octanol–water partition coefficient (Wildman–Crippen LogP) is 4.19. The second-order valence-electron chi connectivity index (χ2n) is 7.50. The minimum absolute atomic E-state index is 0.0337. The summed E-state index contributed by atoms with van der Waals surface area (Å²) in [5, 5.41) is 12.0. The molecule has 4 rings (SSSR count). The molecule has 0 spiro atoms. The van der Waals surface area contributed by atoms with E-state index in [-0.39, 0.29) is 22.9 Å². The summed E-state index contributed by atoms with van der Waals surface area (Å²) in [6.45, 7) is 4.08. The molecule has 8 nitrogen and oxygen atoms in total. The predicted molar refractivity (Wildman–Crippen MR) is 128 cm³/mol. The van der Waals surface area contributed by atoms with Crippen LogP contribution in [0, 0.1) is 10.1 Å². The van der Waals surface area contributed by atoms with Crippen molar-refractivity contribution >= 4 is 50.6 Å². The number of fused-ring (bicyclic) bond motifs is 3. The zero-order chi connectivity index (χ0) is 22.8. The molecule has 0 saturated heterocycles. The van der Waals surface area contributed by atoms with Gasteiger partial charge in [0.1, 0.15) is 4.83 Å². The van der Waals surface area contributed by atoms with E-state index >= 15 is 0 Å². The fraction of sp³-hybridized carbons (Fsp3) is 0.318. The molecule has 10 heteroatoms. The van der Waals surface area contributed by atoms with Crippen LogP contribution in [-0.2, 0) is 24.2 Å². The number of rotatable bonds is 7. The number of nitro benzene ring substituents is 1. The van der Waals surface area contributed by atoms with Gasteiger partial charge in [-0.3, -0.25) is 24.3 Å². The first-order chi connectivity index (χ1) is 15.4. The number of nitro groups is 1. The number of amides is 1. The van der Waals surface area contributed by atoms with Crippen LogP contribution in [0.15, 0.2) is 46.9 Å². The molecule has 0 radical (unpaired) electrons. The van der Waals surface area contributed by atoms with Crippen LogP contribution in [0.1, 0.15) is 23.3 Å². The number of hydrogen-bond donors (Lipinski definition) is 0. The maximum Gasteiger partial charge on any atom is 0.269 e. The fourth-order valence-corrected chi connectivity index (χ4v) is 6.01. The highest BCUT2D eigenvalue weighted by Gasteiger charge is 2.23. The van der Waals surface area contributed by atoms with Crippen molar-refractivity contribution in [3.63, 3.8) is 0 Å². The van der Waals surface area contributed by atoms with Crippen LogP contribution in [0.3, 0.4) is 0 Å². The van der Waals surface area contributed by atoms with E-state index < -0.39 is 4.92 Å². The molecule has 0 unspecified atom stereocenters. The first kappa shape index (κ1) is 22.2. The van der Waals surface area contributed by atoms with E-state index in [4.69, 9.17) is 4.98 Å².